The van der Waals surface area contributed by atoms with Gasteiger partial charge in [-0.05, 0) is 57.6 Å². The zero-order valence-electron chi connectivity index (χ0n) is 22.1. The summed E-state index contributed by atoms with van der Waals surface area (Å²) < 4.78 is 12.7. The molecule has 5 aromatic rings. The standard InChI is InChI=1S/C35H26N2O2S/c1-35(2)27-11-7-6-10-25(27)26-19-31-32(20-28(26)35)38-29-17-16-24(18-30(29)39-31)21-12-14-23(15-13-21)34(37)40-33(36)22-8-4-3-5-9-22/h3-20,36-37H,1-2H3. The molecule has 5 heteroatoms. The molecule has 4 nitrogen and oxygen atoms in total. The molecule has 5 aromatic carbocycles. The maximum atomic E-state index is 8.49. The molecule has 2 N–H and O–H groups in total. The fourth-order valence-corrected chi connectivity index (χ4v) is 6.29. The van der Waals surface area contributed by atoms with E-state index >= 15 is 0 Å². The highest BCUT2D eigenvalue weighted by atomic mass is 32.2. The van der Waals surface area contributed by atoms with Gasteiger partial charge in [0.15, 0.2) is 23.0 Å². The molecule has 0 spiro atoms. The smallest absolute Gasteiger partial charge is 0.170 e. The van der Waals surface area contributed by atoms with E-state index in [0.717, 1.165) is 45.5 Å². The molecule has 7 rings (SSSR count). The third-order valence-electron chi connectivity index (χ3n) is 7.75. The molecular formula is C35H26N2O2S. The maximum absolute atomic E-state index is 8.49. The monoisotopic (exact) mass is 538 g/mol. The van der Waals surface area contributed by atoms with E-state index in [2.05, 4.69) is 50.2 Å². The van der Waals surface area contributed by atoms with Gasteiger partial charge in [0.05, 0.1) is 0 Å². The third kappa shape index (κ3) is 4.02. The summed E-state index contributed by atoms with van der Waals surface area (Å²) >= 11 is 1.15. The van der Waals surface area contributed by atoms with E-state index in [-0.39, 0.29) is 5.41 Å². The van der Waals surface area contributed by atoms with E-state index < -0.39 is 0 Å². The predicted molar refractivity (Wildman–Crippen MR) is 164 cm³/mol. The van der Waals surface area contributed by atoms with Gasteiger partial charge in [0.1, 0.15) is 10.1 Å². The maximum Gasteiger partial charge on any atom is 0.170 e. The van der Waals surface area contributed by atoms with Crippen LogP contribution in [0.15, 0.2) is 109 Å². The zero-order valence-corrected chi connectivity index (χ0v) is 22.9. The summed E-state index contributed by atoms with van der Waals surface area (Å²) in [6.45, 7) is 4.51. The lowest BCUT2D eigenvalue weighted by Gasteiger charge is -2.25. The molecular weight excluding hydrogens is 512 g/mol. The molecule has 1 aliphatic heterocycles. The lowest BCUT2D eigenvalue weighted by molar-refractivity contribution is 0.359. The molecule has 0 aromatic heterocycles. The first-order valence-electron chi connectivity index (χ1n) is 13.2. The summed E-state index contributed by atoms with van der Waals surface area (Å²) in [6.07, 6.45) is 0. The minimum Gasteiger partial charge on any atom is -0.450 e. The molecule has 1 aliphatic carbocycles. The van der Waals surface area contributed by atoms with Crippen molar-refractivity contribution in [2.75, 3.05) is 0 Å². The lowest BCUT2D eigenvalue weighted by atomic mass is 9.82. The second-order valence-electron chi connectivity index (χ2n) is 10.6. The van der Waals surface area contributed by atoms with E-state index in [1.54, 1.807) is 0 Å². The number of fused-ring (bicyclic) bond motifs is 5. The van der Waals surface area contributed by atoms with E-state index in [4.69, 9.17) is 20.3 Å². The van der Waals surface area contributed by atoms with Gasteiger partial charge in [-0.3, -0.25) is 10.8 Å². The van der Waals surface area contributed by atoms with Crippen molar-refractivity contribution in [1.82, 2.24) is 0 Å². The largest absolute Gasteiger partial charge is 0.450 e. The topological polar surface area (TPSA) is 66.2 Å². The molecule has 0 atom stereocenters. The van der Waals surface area contributed by atoms with Crippen LogP contribution in [0, 0.1) is 10.8 Å². The lowest BCUT2D eigenvalue weighted by Crippen LogP contribution is -2.15. The number of hydrogen-bond donors (Lipinski definition) is 2. The van der Waals surface area contributed by atoms with Crippen LogP contribution in [-0.2, 0) is 5.41 Å². The second-order valence-corrected chi connectivity index (χ2v) is 11.6. The quantitative estimate of drug-likeness (QED) is 0.174. The SMILES string of the molecule is CC1(C)c2ccccc2-c2cc3c(cc21)Oc1ccc(-c2ccc(C(=N)SC(=N)c4ccccc4)cc2)cc1O3. The Morgan fingerprint density at radius 2 is 1.15 bits per heavy atom. The molecule has 40 heavy (non-hydrogen) atoms. The van der Waals surface area contributed by atoms with Crippen molar-refractivity contribution in [2.45, 2.75) is 19.3 Å². The first kappa shape index (κ1) is 24.4. The van der Waals surface area contributed by atoms with Crippen molar-refractivity contribution < 1.29 is 9.47 Å². The molecule has 0 saturated heterocycles. The van der Waals surface area contributed by atoms with Crippen LogP contribution in [-0.4, -0.2) is 10.1 Å². The summed E-state index contributed by atoms with van der Waals surface area (Å²) in [4.78, 5) is 0. The van der Waals surface area contributed by atoms with Gasteiger partial charge in [0, 0.05) is 16.5 Å². The van der Waals surface area contributed by atoms with Crippen LogP contribution in [0.2, 0.25) is 0 Å². The van der Waals surface area contributed by atoms with E-state index in [1.165, 1.54) is 22.3 Å². The van der Waals surface area contributed by atoms with Gasteiger partial charge in [-0.15, -0.1) is 0 Å². The summed E-state index contributed by atoms with van der Waals surface area (Å²) in [5, 5.41) is 17.5. The van der Waals surface area contributed by atoms with Crippen LogP contribution in [0.5, 0.6) is 23.0 Å². The van der Waals surface area contributed by atoms with Crippen LogP contribution in [0.4, 0.5) is 0 Å². The first-order valence-corrected chi connectivity index (χ1v) is 14.0. The minimum atomic E-state index is -0.0999. The van der Waals surface area contributed by atoms with Crippen molar-refractivity contribution >= 4 is 21.8 Å². The Morgan fingerprint density at radius 1 is 0.550 bits per heavy atom. The average molecular weight is 539 g/mol. The Bertz CT molecular complexity index is 1830. The fourth-order valence-electron chi connectivity index (χ4n) is 5.58. The second kappa shape index (κ2) is 9.25. The fraction of sp³-hybridized carbons (Fsp3) is 0.0857. The number of nitrogens with one attached hydrogen (secondary N) is 2. The Labute approximate surface area is 237 Å². The molecule has 0 radical (unpaired) electrons. The summed E-state index contributed by atoms with van der Waals surface area (Å²) in [5.74, 6) is 2.83. The van der Waals surface area contributed by atoms with E-state index in [0.29, 0.717) is 21.6 Å². The highest BCUT2D eigenvalue weighted by molar-refractivity contribution is 8.27. The molecule has 0 amide bonds. The predicted octanol–water partition coefficient (Wildman–Crippen LogP) is 9.64. The van der Waals surface area contributed by atoms with Crippen molar-refractivity contribution in [2.24, 2.45) is 0 Å². The summed E-state index contributed by atoms with van der Waals surface area (Å²) in [7, 11) is 0. The van der Waals surface area contributed by atoms with Gasteiger partial charge in [-0.1, -0.05) is 111 Å². The van der Waals surface area contributed by atoms with Gasteiger partial charge in [-0.2, -0.15) is 0 Å². The van der Waals surface area contributed by atoms with Crippen molar-refractivity contribution in [1.29, 1.82) is 10.8 Å². The van der Waals surface area contributed by atoms with Gasteiger partial charge < -0.3 is 9.47 Å². The molecule has 0 bridgehead atoms. The number of ether oxygens (including phenoxy) is 2. The summed E-state index contributed by atoms with van der Waals surface area (Å²) in [6, 6.07) is 36.2. The van der Waals surface area contributed by atoms with Crippen LogP contribution >= 0.6 is 11.8 Å². The molecule has 1 heterocycles. The van der Waals surface area contributed by atoms with E-state index in [9.17, 15) is 0 Å². The number of thioether (sulfide) groups is 1. The highest BCUT2D eigenvalue weighted by Gasteiger charge is 2.37. The summed E-state index contributed by atoms with van der Waals surface area (Å²) in [5.41, 5.74) is 8.51. The first-order chi connectivity index (χ1) is 19.4. The van der Waals surface area contributed by atoms with Gasteiger partial charge in [0.25, 0.3) is 0 Å². The molecule has 2 aliphatic rings. The van der Waals surface area contributed by atoms with Gasteiger partial charge in [-0.25, -0.2) is 0 Å². The van der Waals surface area contributed by atoms with Crippen LogP contribution < -0.4 is 9.47 Å². The van der Waals surface area contributed by atoms with Crippen LogP contribution in [0.1, 0.15) is 36.1 Å². The van der Waals surface area contributed by atoms with E-state index in [1.807, 2.05) is 72.8 Å². The van der Waals surface area contributed by atoms with Crippen LogP contribution in [0.25, 0.3) is 22.3 Å². The normalized spacial score (nSPS) is 13.7. The Hall–Kier alpha value is -4.61. The van der Waals surface area contributed by atoms with Crippen molar-refractivity contribution in [3.05, 3.63) is 131 Å². The average Bonchev–Trinajstić information content (AvgIpc) is 3.21. The van der Waals surface area contributed by atoms with Gasteiger partial charge in [0.2, 0.25) is 0 Å². The third-order valence-corrected chi connectivity index (χ3v) is 8.63. The molecule has 0 fully saturated rings. The highest BCUT2D eigenvalue weighted by Crippen LogP contribution is 2.55. The number of rotatable bonds is 3. The van der Waals surface area contributed by atoms with Crippen LogP contribution in [0.3, 0.4) is 0 Å². The minimum absolute atomic E-state index is 0.0999. The van der Waals surface area contributed by atoms with Gasteiger partial charge >= 0.3 is 0 Å². The van der Waals surface area contributed by atoms with Crippen molar-refractivity contribution in [3.8, 4) is 45.3 Å². The number of benzene rings is 5. The Kier molecular flexibility index (Phi) is 5.65. The number of hydrogen-bond acceptors (Lipinski definition) is 5. The Balaban J connectivity index is 1.13. The zero-order chi connectivity index (χ0) is 27.4. The Morgan fingerprint density at radius 3 is 1.93 bits per heavy atom. The van der Waals surface area contributed by atoms with Crippen molar-refractivity contribution in [3.63, 3.8) is 0 Å². The molecule has 194 valence electrons. The molecule has 0 unspecified atom stereocenters. The molecule has 0 saturated carbocycles.